The van der Waals surface area contributed by atoms with E-state index in [4.69, 9.17) is 9.84 Å². The van der Waals surface area contributed by atoms with Gasteiger partial charge in [-0.1, -0.05) is 12.8 Å². The number of thiazole rings is 1. The van der Waals surface area contributed by atoms with Crippen molar-refractivity contribution in [3.63, 3.8) is 0 Å². The van der Waals surface area contributed by atoms with Crippen molar-refractivity contribution in [1.29, 1.82) is 0 Å². The van der Waals surface area contributed by atoms with Crippen LogP contribution in [0, 0.1) is 0 Å². The number of aliphatic carboxylic acids is 1. The Labute approximate surface area is 123 Å². The predicted octanol–water partition coefficient (Wildman–Crippen LogP) is 2.88. The molecule has 0 radical (unpaired) electrons. The van der Waals surface area contributed by atoms with E-state index in [0.717, 1.165) is 5.13 Å². The Morgan fingerprint density at radius 3 is 2.90 bits per heavy atom. The number of carboxylic acid groups (broad SMARTS) is 1. The van der Waals surface area contributed by atoms with Crippen molar-refractivity contribution in [2.75, 3.05) is 18.5 Å². The molecule has 112 valence electrons. The van der Waals surface area contributed by atoms with Crippen LogP contribution in [-0.4, -0.2) is 35.3 Å². The molecule has 1 aliphatic carbocycles. The highest BCUT2D eigenvalue weighted by atomic mass is 32.1. The third-order valence-corrected chi connectivity index (χ3v) is 4.51. The van der Waals surface area contributed by atoms with Crippen LogP contribution in [0.1, 0.15) is 45.2 Å². The van der Waals surface area contributed by atoms with Crippen molar-refractivity contribution in [1.82, 2.24) is 4.98 Å². The zero-order valence-electron chi connectivity index (χ0n) is 12.0. The molecule has 1 aromatic heterocycles. The van der Waals surface area contributed by atoms with Gasteiger partial charge in [0.05, 0.1) is 18.4 Å². The molecular weight excluding hydrogens is 276 g/mol. The van der Waals surface area contributed by atoms with Crippen LogP contribution in [0.2, 0.25) is 0 Å². The molecule has 0 aliphatic heterocycles. The number of nitrogens with zero attached hydrogens (tertiary/aromatic N) is 1. The van der Waals surface area contributed by atoms with Gasteiger partial charge in [-0.3, -0.25) is 4.79 Å². The van der Waals surface area contributed by atoms with Crippen LogP contribution >= 0.6 is 11.3 Å². The highest BCUT2D eigenvalue weighted by molar-refractivity contribution is 7.13. The molecule has 1 aromatic rings. The average Bonchev–Trinajstić information content (AvgIpc) is 3.06. The summed E-state index contributed by atoms with van der Waals surface area (Å²) in [5.41, 5.74) is -0.356. The monoisotopic (exact) mass is 298 g/mol. The third kappa shape index (κ3) is 3.70. The second-order valence-electron chi connectivity index (χ2n) is 5.67. The number of rotatable bonds is 7. The van der Waals surface area contributed by atoms with E-state index < -0.39 is 11.4 Å². The van der Waals surface area contributed by atoms with Gasteiger partial charge in [-0.2, -0.15) is 0 Å². The van der Waals surface area contributed by atoms with Crippen LogP contribution in [0.5, 0.6) is 0 Å². The first kappa shape index (κ1) is 15.3. The van der Waals surface area contributed by atoms with Gasteiger partial charge in [0.25, 0.3) is 0 Å². The molecule has 0 atom stereocenters. The molecule has 6 heteroatoms. The maximum atomic E-state index is 11.2. The van der Waals surface area contributed by atoms with Gasteiger partial charge in [-0.25, -0.2) is 4.98 Å². The van der Waals surface area contributed by atoms with Gasteiger partial charge in [0, 0.05) is 11.9 Å². The number of hydrogen-bond acceptors (Lipinski definition) is 5. The second kappa shape index (κ2) is 6.54. The van der Waals surface area contributed by atoms with Gasteiger partial charge in [0.1, 0.15) is 5.41 Å². The Morgan fingerprint density at radius 1 is 1.55 bits per heavy atom. The van der Waals surface area contributed by atoms with Gasteiger partial charge < -0.3 is 15.2 Å². The minimum Gasteiger partial charge on any atom is -0.481 e. The first-order valence-corrected chi connectivity index (χ1v) is 7.93. The van der Waals surface area contributed by atoms with Gasteiger partial charge in [-0.05, 0) is 26.7 Å². The van der Waals surface area contributed by atoms with Crippen molar-refractivity contribution in [2.24, 2.45) is 0 Å². The van der Waals surface area contributed by atoms with Crippen LogP contribution < -0.4 is 5.32 Å². The van der Waals surface area contributed by atoms with E-state index in [1.165, 1.54) is 37.0 Å². The first-order valence-electron chi connectivity index (χ1n) is 7.05. The third-order valence-electron chi connectivity index (χ3n) is 3.71. The standard InChI is InChI=1S/C14H22N2O3S/c1-14(2,12(17)18)11-9-20-13(16-11)15-7-8-19-10-5-3-4-6-10/h9-10H,3-8H2,1-2H3,(H,15,16)(H,17,18). The highest BCUT2D eigenvalue weighted by Gasteiger charge is 2.32. The van der Waals surface area contributed by atoms with E-state index in [2.05, 4.69) is 10.3 Å². The molecule has 0 spiro atoms. The summed E-state index contributed by atoms with van der Waals surface area (Å²) in [5.74, 6) is -0.862. The lowest BCUT2D eigenvalue weighted by atomic mass is 9.90. The Balaban J connectivity index is 1.76. The van der Waals surface area contributed by atoms with Crippen molar-refractivity contribution in [3.05, 3.63) is 11.1 Å². The molecule has 0 amide bonds. The summed E-state index contributed by atoms with van der Waals surface area (Å²) in [6.07, 6.45) is 5.33. The van der Waals surface area contributed by atoms with E-state index in [0.29, 0.717) is 24.9 Å². The van der Waals surface area contributed by atoms with E-state index in [-0.39, 0.29) is 0 Å². The summed E-state index contributed by atoms with van der Waals surface area (Å²) >= 11 is 1.44. The van der Waals surface area contributed by atoms with E-state index in [1.807, 2.05) is 0 Å². The molecule has 0 aromatic carbocycles. The smallest absolute Gasteiger partial charge is 0.315 e. The van der Waals surface area contributed by atoms with Gasteiger partial charge in [0.15, 0.2) is 5.13 Å². The summed E-state index contributed by atoms with van der Waals surface area (Å²) < 4.78 is 5.76. The van der Waals surface area contributed by atoms with Crippen molar-refractivity contribution in [2.45, 2.75) is 51.0 Å². The molecular formula is C14H22N2O3S. The fourth-order valence-corrected chi connectivity index (χ4v) is 3.10. The van der Waals surface area contributed by atoms with Gasteiger partial charge in [0.2, 0.25) is 0 Å². The Bertz CT molecular complexity index is 453. The van der Waals surface area contributed by atoms with Crippen molar-refractivity contribution in [3.8, 4) is 0 Å². The number of carbonyl (C=O) groups is 1. The number of hydrogen-bond donors (Lipinski definition) is 2. The molecule has 2 rings (SSSR count). The largest absolute Gasteiger partial charge is 0.481 e. The molecule has 2 N–H and O–H groups in total. The summed E-state index contributed by atoms with van der Waals surface area (Å²) in [6.45, 7) is 4.70. The van der Waals surface area contributed by atoms with Crippen LogP contribution in [0.3, 0.4) is 0 Å². The Hall–Kier alpha value is -1.14. The highest BCUT2D eigenvalue weighted by Crippen LogP contribution is 2.27. The number of nitrogens with one attached hydrogen (secondary N) is 1. The minimum absolute atomic E-state index is 0.426. The van der Waals surface area contributed by atoms with Gasteiger partial charge >= 0.3 is 5.97 Å². The summed E-state index contributed by atoms with van der Waals surface area (Å²) in [4.78, 5) is 15.5. The predicted molar refractivity (Wildman–Crippen MR) is 79.5 cm³/mol. The second-order valence-corrected chi connectivity index (χ2v) is 6.53. The molecule has 1 saturated carbocycles. The number of anilines is 1. The Kier molecular flexibility index (Phi) is 4.99. The normalized spacial score (nSPS) is 16.5. The topological polar surface area (TPSA) is 71.5 Å². The fraction of sp³-hybridized carbons (Fsp3) is 0.714. The van der Waals surface area contributed by atoms with Crippen LogP contribution in [-0.2, 0) is 14.9 Å². The number of carboxylic acids is 1. The van der Waals surface area contributed by atoms with Crippen molar-refractivity contribution >= 4 is 22.4 Å². The van der Waals surface area contributed by atoms with Crippen LogP contribution in [0.15, 0.2) is 5.38 Å². The maximum Gasteiger partial charge on any atom is 0.315 e. The molecule has 20 heavy (non-hydrogen) atoms. The lowest BCUT2D eigenvalue weighted by Gasteiger charge is -2.15. The molecule has 5 nitrogen and oxygen atoms in total. The maximum absolute atomic E-state index is 11.2. The summed E-state index contributed by atoms with van der Waals surface area (Å²) in [5, 5.41) is 14.9. The van der Waals surface area contributed by atoms with Crippen LogP contribution in [0.25, 0.3) is 0 Å². The lowest BCUT2D eigenvalue weighted by Crippen LogP contribution is -2.28. The molecule has 0 unspecified atom stereocenters. The number of aromatic nitrogens is 1. The van der Waals surface area contributed by atoms with Crippen molar-refractivity contribution < 1.29 is 14.6 Å². The van der Waals surface area contributed by atoms with E-state index in [1.54, 1.807) is 19.2 Å². The lowest BCUT2D eigenvalue weighted by molar-refractivity contribution is -0.142. The molecule has 0 saturated heterocycles. The molecule has 1 heterocycles. The minimum atomic E-state index is -0.948. The quantitative estimate of drug-likeness (QED) is 0.757. The van der Waals surface area contributed by atoms with Gasteiger partial charge in [-0.15, -0.1) is 11.3 Å². The molecule has 1 aliphatic rings. The zero-order valence-corrected chi connectivity index (χ0v) is 12.8. The van der Waals surface area contributed by atoms with E-state index in [9.17, 15) is 4.79 Å². The zero-order chi connectivity index (χ0) is 14.6. The number of ether oxygens (including phenoxy) is 1. The average molecular weight is 298 g/mol. The van der Waals surface area contributed by atoms with Crippen LogP contribution in [0.4, 0.5) is 5.13 Å². The Morgan fingerprint density at radius 2 is 2.25 bits per heavy atom. The molecule has 0 bridgehead atoms. The van der Waals surface area contributed by atoms with E-state index >= 15 is 0 Å². The molecule has 1 fully saturated rings. The SMILES string of the molecule is CC(C)(C(=O)O)c1csc(NCCOC2CCCC2)n1. The summed E-state index contributed by atoms with van der Waals surface area (Å²) in [7, 11) is 0. The fourth-order valence-electron chi connectivity index (χ4n) is 2.19. The summed E-state index contributed by atoms with van der Waals surface area (Å²) in [6, 6.07) is 0. The first-order chi connectivity index (χ1) is 9.50.